The summed E-state index contributed by atoms with van der Waals surface area (Å²) in [6, 6.07) is 15.1. The molecule has 3 rings (SSSR count). The molecule has 29 heavy (non-hydrogen) atoms. The van der Waals surface area contributed by atoms with Crippen LogP contribution in [0.5, 0.6) is 17.2 Å². The van der Waals surface area contributed by atoms with Crippen molar-refractivity contribution < 1.29 is 14.6 Å². The van der Waals surface area contributed by atoms with E-state index < -0.39 is 0 Å². The first-order valence-corrected chi connectivity index (χ1v) is 9.90. The predicted molar refractivity (Wildman–Crippen MR) is 116 cm³/mol. The van der Waals surface area contributed by atoms with Crippen LogP contribution in [-0.4, -0.2) is 69.0 Å². The van der Waals surface area contributed by atoms with Gasteiger partial charge in [0.15, 0.2) is 5.96 Å². The number of ether oxygens (including phenoxy) is 2. The third-order valence-electron chi connectivity index (χ3n) is 4.94. The number of methoxy groups -OCH3 is 1. The Bertz CT molecular complexity index is 819. The van der Waals surface area contributed by atoms with Gasteiger partial charge in [-0.25, -0.2) is 0 Å². The van der Waals surface area contributed by atoms with Crippen LogP contribution in [0.2, 0.25) is 0 Å². The fourth-order valence-electron chi connectivity index (χ4n) is 3.41. The fourth-order valence-corrected chi connectivity index (χ4v) is 3.41. The SMILES string of the molecule is CN=C(NCC(C)Oc1cccc(OC)c1)N1CCN(c2ccccc2O)CC1. The summed E-state index contributed by atoms with van der Waals surface area (Å²) in [4.78, 5) is 8.85. The standard InChI is InChI=1S/C22H30N4O3/c1-17(29-19-8-6-7-18(15-19)28-3)16-24-22(23-2)26-13-11-25(12-14-26)20-9-4-5-10-21(20)27/h4-10,15,17,27H,11-14,16H2,1-3H3,(H,23,24). The number of hydrogen-bond acceptors (Lipinski definition) is 5. The van der Waals surface area contributed by atoms with Gasteiger partial charge >= 0.3 is 0 Å². The van der Waals surface area contributed by atoms with Crippen molar-refractivity contribution in [1.82, 2.24) is 10.2 Å². The lowest BCUT2D eigenvalue weighted by Gasteiger charge is -2.38. The first kappa shape index (κ1) is 20.6. The van der Waals surface area contributed by atoms with E-state index in [1.165, 1.54) is 0 Å². The maximum absolute atomic E-state index is 10.1. The number of benzene rings is 2. The molecule has 1 saturated heterocycles. The zero-order valence-corrected chi connectivity index (χ0v) is 17.3. The first-order valence-electron chi connectivity index (χ1n) is 9.90. The minimum atomic E-state index is -0.0265. The third kappa shape index (κ3) is 5.47. The predicted octanol–water partition coefficient (Wildman–Crippen LogP) is 2.57. The number of rotatable bonds is 6. The number of nitrogens with one attached hydrogen (secondary N) is 1. The summed E-state index contributed by atoms with van der Waals surface area (Å²) in [7, 11) is 3.44. The van der Waals surface area contributed by atoms with Gasteiger partial charge in [-0.2, -0.15) is 0 Å². The lowest BCUT2D eigenvalue weighted by atomic mass is 10.2. The molecule has 2 aromatic rings. The number of aliphatic imine (C=N–C) groups is 1. The van der Waals surface area contributed by atoms with Crippen LogP contribution in [0.3, 0.4) is 0 Å². The molecule has 1 heterocycles. The van der Waals surface area contributed by atoms with Crippen molar-refractivity contribution in [2.45, 2.75) is 13.0 Å². The molecule has 0 bridgehead atoms. The molecular weight excluding hydrogens is 368 g/mol. The molecule has 1 fully saturated rings. The number of anilines is 1. The van der Waals surface area contributed by atoms with Crippen molar-refractivity contribution >= 4 is 11.6 Å². The van der Waals surface area contributed by atoms with Gasteiger partial charge in [-0.3, -0.25) is 4.99 Å². The molecule has 1 aliphatic rings. The number of para-hydroxylation sites is 2. The van der Waals surface area contributed by atoms with E-state index in [9.17, 15) is 5.11 Å². The average molecular weight is 399 g/mol. The largest absolute Gasteiger partial charge is 0.506 e. The second-order valence-electron chi connectivity index (χ2n) is 7.00. The maximum atomic E-state index is 10.1. The molecule has 1 unspecified atom stereocenters. The van der Waals surface area contributed by atoms with Gasteiger partial charge in [0, 0.05) is 39.3 Å². The topological polar surface area (TPSA) is 69.6 Å². The highest BCUT2D eigenvalue weighted by molar-refractivity contribution is 5.80. The van der Waals surface area contributed by atoms with Gasteiger partial charge in [-0.15, -0.1) is 0 Å². The molecule has 0 spiro atoms. The number of aromatic hydroxyl groups is 1. The molecule has 156 valence electrons. The van der Waals surface area contributed by atoms with Crippen LogP contribution in [0.15, 0.2) is 53.5 Å². The molecule has 0 aliphatic carbocycles. The third-order valence-corrected chi connectivity index (χ3v) is 4.94. The zero-order chi connectivity index (χ0) is 20.6. The van der Waals surface area contributed by atoms with Crippen molar-refractivity contribution in [3.63, 3.8) is 0 Å². The minimum absolute atomic E-state index is 0.0265. The number of guanidine groups is 1. The van der Waals surface area contributed by atoms with Crippen LogP contribution >= 0.6 is 0 Å². The first-order chi connectivity index (χ1) is 14.1. The van der Waals surface area contributed by atoms with E-state index in [4.69, 9.17) is 9.47 Å². The number of nitrogens with zero attached hydrogens (tertiary/aromatic N) is 3. The molecule has 1 aliphatic heterocycles. The molecule has 0 amide bonds. The molecule has 0 aromatic heterocycles. The molecule has 0 radical (unpaired) electrons. The minimum Gasteiger partial charge on any atom is -0.506 e. The Morgan fingerprint density at radius 2 is 1.83 bits per heavy atom. The Kier molecular flexibility index (Phi) is 7.05. The zero-order valence-electron chi connectivity index (χ0n) is 17.3. The van der Waals surface area contributed by atoms with Crippen molar-refractivity contribution in [3.8, 4) is 17.2 Å². The van der Waals surface area contributed by atoms with E-state index in [0.29, 0.717) is 12.3 Å². The second-order valence-corrected chi connectivity index (χ2v) is 7.00. The van der Waals surface area contributed by atoms with Gasteiger partial charge in [0.05, 0.1) is 19.3 Å². The highest BCUT2D eigenvalue weighted by atomic mass is 16.5. The van der Waals surface area contributed by atoms with Crippen LogP contribution in [0.1, 0.15) is 6.92 Å². The van der Waals surface area contributed by atoms with Gasteiger partial charge in [0.25, 0.3) is 0 Å². The molecule has 0 saturated carbocycles. The van der Waals surface area contributed by atoms with Gasteiger partial charge in [-0.1, -0.05) is 18.2 Å². The highest BCUT2D eigenvalue weighted by Gasteiger charge is 2.21. The molecule has 2 N–H and O–H groups in total. The van der Waals surface area contributed by atoms with Crippen molar-refractivity contribution in [3.05, 3.63) is 48.5 Å². The molecule has 7 heteroatoms. The van der Waals surface area contributed by atoms with E-state index >= 15 is 0 Å². The van der Waals surface area contributed by atoms with Crippen molar-refractivity contribution in [1.29, 1.82) is 0 Å². The Morgan fingerprint density at radius 3 is 2.52 bits per heavy atom. The maximum Gasteiger partial charge on any atom is 0.193 e. The quantitative estimate of drug-likeness (QED) is 0.576. The number of piperazine rings is 1. The van der Waals surface area contributed by atoms with Gasteiger partial charge in [-0.05, 0) is 31.2 Å². The van der Waals surface area contributed by atoms with Gasteiger partial charge in [0.1, 0.15) is 23.4 Å². The van der Waals surface area contributed by atoms with E-state index in [0.717, 1.165) is 49.3 Å². The molecular formula is C22H30N4O3. The summed E-state index contributed by atoms with van der Waals surface area (Å²) in [5.74, 6) is 2.75. The Balaban J connectivity index is 1.49. The van der Waals surface area contributed by atoms with Crippen molar-refractivity contribution in [2.75, 3.05) is 51.8 Å². The van der Waals surface area contributed by atoms with Crippen LogP contribution in [0.4, 0.5) is 5.69 Å². The molecule has 1 atom stereocenters. The highest BCUT2D eigenvalue weighted by Crippen LogP contribution is 2.27. The van der Waals surface area contributed by atoms with E-state index in [1.54, 1.807) is 20.2 Å². The summed E-state index contributed by atoms with van der Waals surface area (Å²) in [6.07, 6.45) is -0.0265. The van der Waals surface area contributed by atoms with Crippen LogP contribution in [0.25, 0.3) is 0 Å². The lowest BCUT2D eigenvalue weighted by molar-refractivity contribution is 0.220. The number of phenols is 1. The van der Waals surface area contributed by atoms with Crippen molar-refractivity contribution in [2.24, 2.45) is 4.99 Å². The van der Waals surface area contributed by atoms with Crippen LogP contribution in [0, 0.1) is 0 Å². The number of phenolic OH excluding ortho intramolecular Hbond substituents is 1. The van der Waals surface area contributed by atoms with Crippen LogP contribution < -0.4 is 19.7 Å². The lowest BCUT2D eigenvalue weighted by Crippen LogP contribution is -2.53. The Labute approximate surface area is 172 Å². The van der Waals surface area contributed by atoms with E-state index in [-0.39, 0.29) is 6.10 Å². The van der Waals surface area contributed by atoms with Gasteiger partial charge in [0.2, 0.25) is 0 Å². The van der Waals surface area contributed by atoms with E-state index in [1.807, 2.05) is 49.4 Å². The average Bonchev–Trinajstić information content (AvgIpc) is 2.75. The molecule has 2 aromatic carbocycles. The van der Waals surface area contributed by atoms with Gasteiger partial charge < -0.3 is 29.7 Å². The fraction of sp³-hybridized carbons (Fsp3) is 0.409. The normalized spacial score (nSPS) is 15.8. The number of hydrogen-bond donors (Lipinski definition) is 2. The smallest absolute Gasteiger partial charge is 0.193 e. The monoisotopic (exact) mass is 398 g/mol. The van der Waals surface area contributed by atoms with E-state index in [2.05, 4.69) is 20.1 Å². The molecule has 7 nitrogen and oxygen atoms in total. The Hall–Kier alpha value is -3.09. The summed E-state index contributed by atoms with van der Waals surface area (Å²) in [6.45, 7) is 5.99. The second kappa shape index (κ2) is 9.91. The Morgan fingerprint density at radius 1 is 1.10 bits per heavy atom. The van der Waals surface area contributed by atoms with Crippen LogP contribution in [-0.2, 0) is 0 Å². The summed E-state index contributed by atoms with van der Waals surface area (Å²) in [5, 5.41) is 13.5. The summed E-state index contributed by atoms with van der Waals surface area (Å²) in [5.41, 5.74) is 0.885. The summed E-state index contributed by atoms with van der Waals surface area (Å²) < 4.78 is 11.2. The summed E-state index contributed by atoms with van der Waals surface area (Å²) >= 11 is 0.